The van der Waals surface area contributed by atoms with Gasteiger partial charge in [-0.25, -0.2) is 0 Å². The topological polar surface area (TPSA) is 47.9 Å². The number of aryl methyl sites for hydroxylation is 2. The summed E-state index contributed by atoms with van der Waals surface area (Å²) < 4.78 is 16.2. The maximum Gasteiger partial charge on any atom is 0.129 e. The first-order valence-corrected chi connectivity index (χ1v) is 9.96. The Morgan fingerprint density at radius 2 is 1.57 bits per heavy atom. The molecule has 0 bridgehead atoms. The van der Waals surface area contributed by atoms with Gasteiger partial charge in [-0.15, -0.1) is 0 Å². The van der Waals surface area contributed by atoms with Crippen LogP contribution in [0.15, 0.2) is 66.7 Å². The Bertz CT molecular complexity index is 993. The Balaban J connectivity index is 1.70. The number of hydrogen-bond donors (Lipinski definition) is 1. The van der Waals surface area contributed by atoms with Crippen molar-refractivity contribution < 1.29 is 19.3 Å². The molecule has 4 nitrogen and oxygen atoms in total. The Kier molecular flexibility index (Phi) is 7.39. The van der Waals surface area contributed by atoms with Gasteiger partial charge in [0.05, 0.1) is 21.3 Å². The van der Waals surface area contributed by atoms with E-state index in [1.807, 2.05) is 24.3 Å². The van der Waals surface area contributed by atoms with Crippen molar-refractivity contribution in [2.75, 3.05) is 21.3 Å². The van der Waals surface area contributed by atoms with E-state index in [0.29, 0.717) is 17.9 Å². The number of aromatic hydroxyl groups is 1. The minimum atomic E-state index is 0.157. The smallest absolute Gasteiger partial charge is 0.129 e. The fraction of sp³-hybridized carbons (Fsp3) is 0.231. The lowest BCUT2D eigenvalue weighted by Gasteiger charge is -2.11. The molecule has 0 unspecified atom stereocenters. The Morgan fingerprint density at radius 3 is 2.27 bits per heavy atom. The molecule has 30 heavy (non-hydrogen) atoms. The van der Waals surface area contributed by atoms with E-state index in [2.05, 4.69) is 36.4 Å². The van der Waals surface area contributed by atoms with Crippen LogP contribution in [-0.4, -0.2) is 26.4 Å². The fourth-order valence-corrected chi connectivity index (χ4v) is 3.42. The van der Waals surface area contributed by atoms with Crippen molar-refractivity contribution in [2.24, 2.45) is 0 Å². The SMILES string of the molecule is COc1cc(O)c(C/C=C/c2ccc(CCc3ccccc3)c(OC)c2)c(OC)c1. The van der Waals surface area contributed by atoms with Crippen molar-refractivity contribution in [2.45, 2.75) is 19.3 Å². The Morgan fingerprint density at radius 1 is 0.800 bits per heavy atom. The van der Waals surface area contributed by atoms with Crippen LogP contribution in [0, 0.1) is 0 Å². The summed E-state index contributed by atoms with van der Waals surface area (Å²) in [6.45, 7) is 0. The van der Waals surface area contributed by atoms with Crippen LogP contribution in [0.3, 0.4) is 0 Å². The number of phenolic OH excluding ortho intramolecular Hbond substituents is 1. The highest BCUT2D eigenvalue weighted by Crippen LogP contribution is 2.34. The van der Waals surface area contributed by atoms with E-state index in [-0.39, 0.29) is 5.75 Å². The zero-order chi connectivity index (χ0) is 21.3. The molecule has 0 aliphatic heterocycles. The van der Waals surface area contributed by atoms with Crippen molar-refractivity contribution in [1.29, 1.82) is 0 Å². The van der Waals surface area contributed by atoms with Gasteiger partial charge in [0, 0.05) is 17.7 Å². The molecule has 0 aromatic heterocycles. The molecule has 0 fully saturated rings. The van der Waals surface area contributed by atoms with Crippen LogP contribution in [0.5, 0.6) is 23.0 Å². The third-order valence-corrected chi connectivity index (χ3v) is 5.08. The summed E-state index contributed by atoms with van der Waals surface area (Å²) >= 11 is 0. The molecule has 0 spiro atoms. The van der Waals surface area contributed by atoms with Crippen molar-refractivity contribution in [3.8, 4) is 23.0 Å². The molecule has 0 saturated carbocycles. The zero-order valence-electron chi connectivity index (χ0n) is 17.7. The van der Waals surface area contributed by atoms with Crippen molar-refractivity contribution >= 4 is 6.08 Å². The number of ether oxygens (including phenoxy) is 3. The normalized spacial score (nSPS) is 10.9. The molecule has 0 aliphatic rings. The maximum absolute atomic E-state index is 10.3. The minimum Gasteiger partial charge on any atom is -0.507 e. The highest BCUT2D eigenvalue weighted by Gasteiger charge is 2.10. The molecular weight excluding hydrogens is 376 g/mol. The third kappa shape index (κ3) is 5.35. The highest BCUT2D eigenvalue weighted by molar-refractivity contribution is 5.56. The van der Waals surface area contributed by atoms with E-state index < -0.39 is 0 Å². The summed E-state index contributed by atoms with van der Waals surface area (Å²) in [5.41, 5.74) is 4.27. The van der Waals surface area contributed by atoms with E-state index in [4.69, 9.17) is 14.2 Å². The van der Waals surface area contributed by atoms with Crippen LogP contribution >= 0.6 is 0 Å². The molecule has 3 aromatic carbocycles. The second-order valence-electron chi connectivity index (χ2n) is 6.99. The van der Waals surface area contributed by atoms with E-state index >= 15 is 0 Å². The van der Waals surface area contributed by atoms with Gasteiger partial charge < -0.3 is 19.3 Å². The molecule has 0 radical (unpaired) electrons. The summed E-state index contributed by atoms with van der Waals surface area (Å²) in [7, 11) is 4.85. The predicted molar refractivity (Wildman–Crippen MR) is 121 cm³/mol. The van der Waals surface area contributed by atoms with Gasteiger partial charge in [0.15, 0.2) is 0 Å². The number of methoxy groups -OCH3 is 3. The molecule has 4 heteroatoms. The summed E-state index contributed by atoms with van der Waals surface area (Å²) in [5.74, 6) is 2.21. The molecule has 0 atom stereocenters. The second-order valence-corrected chi connectivity index (χ2v) is 6.99. The van der Waals surface area contributed by atoms with Crippen LogP contribution in [0.25, 0.3) is 6.08 Å². The van der Waals surface area contributed by atoms with E-state index in [0.717, 1.165) is 29.7 Å². The first-order chi connectivity index (χ1) is 14.6. The number of rotatable bonds is 9. The quantitative estimate of drug-likeness (QED) is 0.514. The number of allylic oxidation sites excluding steroid dienone is 1. The van der Waals surface area contributed by atoms with Crippen LogP contribution in [0.1, 0.15) is 22.3 Å². The molecule has 0 amide bonds. The van der Waals surface area contributed by atoms with Gasteiger partial charge in [-0.1, -0.05) is 54.6 Å². The monoisotopic (exact) mass is 404 g/mol. The van der Waals surface area contributed by atoms with Gasteiger partial charge in [0.2, 0.25) is 0 Å². The Hall–Kier alpha value is -3.40. The van der Waals surface area contributed by atoms with E-state index in [1.165, 1.54) is 11.1 Å². The first kappa shape index (κ1) is 21.3. The van der Waals surface area contributed by atoms with Gasteiger partial charge in [-0.05, 0) is 42.0 Å². The zero-order valence-corrected chi connectivity index (χ0v) is 17.7. The largest absolute Gasteiger partial charge is 0.507 e. The number of phenols is 1. The lowest BCUT2D eigenvalue weighted by molar-refractivity contribution is 0.380. The summed E-state index contributed by atoms with van der Waals surface area (Å²) in [6.07, 6.45) is 6.46. The molecular formula is C26H28O4. The molecule has 0 aliphatic carbocycles. The number of benzene rings is 3. The van der Waals surface area contributed by atoms with Crippen LogP contribution in [0.2, 0.25) is 0 Å². The molecule has 3 aromatic rings. The first-order valence-electron chi connectivity index (χ1n) is 9.96. The summed E-state index contributed by atoms with van der Waals surface area (Å²) in [4.78, 5) is 0. The average Bonchev–Trinajstić information content (AvgIpc) is 2.79. The lowest BCUT2D eigenvalue weighted by atomic mass is 10.0. The van der Waals surface area contributed by atoms with Crippen LogP contribution in [0.4, 0.5) is 0 Å². The predicted octanol–water partition coefficient (Wildman–Crippen LogP) is 5.46. The van der Waals surface area contributed by atoms with E-state index in [1.54, 1.807) is 33.5 Å². The van der Waals surface area contributed by atoms with Gasteiger partial charge in [-0.2, -0.15) is 0 Å². The van der Waals surface area contributed by atoms with Crippen molar-refractivity contribution in [3.63, 3.8) is 0 Å². The molecule has 3 rings (SSSR count). The second kappa shape index (κ2) is 10.4. The Labute approximate surface area is 178 Å². The average molecular weight is 405 g/mol. The number of hydrogen-bond acceptors (Lipinski definition) is 4. The lowest BCUT2D eigenvalue weighted by Crippen LogP contribution is -1.96. The van der Waals surface area contributed by atoms with Crippen molar-refractivity contribution in [1.82, 2.24) is 0 Å². The highest BCUT2D eigenvalue weighted by atomic mass is 16.5. The molecule has 0 saturated heterocycles. The van der Waals surface area contributed by atoms with Crippen LogP contribution in [-0.2, 0) is 19.3 Å². The van der Waals surface area contributed by atoms with Gasteiger partial charge >= 0.3 is 0 Å². The van der Waals surface area contributed by atoms with Crippen molar-refractivity contribution in [3.05, 3.63) is 89.0 Å². The van der Waals surface area contributed by atoms with Gasteiger partial charge in [-0.3, -0.25) is 0 Å². The molecule has 156 valence electrons. The standard InChI is InChI=1S/C26H28O4/c1-28-22-17-24(27)23(26(18-22)30-3)11-7-10-20-13-15-21(25(16-20)29-2)14-12-19-8-5-4-6-9-19/h4-10,13,15-18,27H,11-12,14H2,1-3H3/b10-7+. The van der Waals surface area contributed by atoms with Gasteiger partial charge in [0.25, 0.3) is 0 Å². The minimum absolute atomic E-state index is 0.157. The van der Waals surface area contributed by atoms with Gasteiger partial charge in [0.1, 0.15) is 23.0 Å². The summed E-state index contributed by atoms with van der Waals surface area (Å²) in [5, 5.41) is 10.3. The maximum atomic E-state index is 10.3. The summed E-state index contributed by atoms with van der Waals surface area (Å²) in [6, 6.07) is 20.1. The molecule has 1 N–H and O–H groups in total. The molecule has 0 heterocycles. The van der Waals surface area contributed by atoms with E-state index in [9.17, 15) is 5.11 Å². The third-order valence-electron chi connectivity index (χ3n) is 5.08. The van der Waals surface area contributed by atoms with Crippen LogP contribution < -0.4 is 14.2 Å². The fourth-order valence-electron chi connectivity index (χ4n) is 3.42.